The lowest BCUT2D eigenvalue weighted by Crippen LogP contribution is -2.63. The van der Waals surface area contributed by atoms with Crippen LogP contribution in [0.15, 0.2) is 24.3 Å². The van der Waals surface area contributed by atoms with Gasteiger partial charge in [-0.2, -0.15) is 0 Å². The highest BCUT2D eigenvalue weighted by Gasteiger charge is 2.47. The van der Waals surface area contributed by atoms with E-state index in [-0.39, 0.29) is 24.2 Å². The Balaban J connectivity index is 1.52. The van der Waals surface area contributed by atoms with Crippen LogP contribution in [0.1, 0.15) is 6.42 Å². The predicted octanol–water partition coefficient (Wildman–Crippen LogP) is -0.00690. The standard InChI is InChI=1S/C17H22FN3O4/c18-13-3-1-2-4-14(13)25-11-15(22)20-6-8-21(9-7-20)17(16(19)23)5-10-24-12-17/h1-4H,5-12H2,(H2,19,23). The van der Waals surface area contributed by atoms with Gasteiger partial charge in [-0.25, -0.2) is 4.39 Å². The lowest BCUT2D eigenvalue weighted by atomic mass is 9.94. The van der Waals surface area contributed by atoms with Gasteiger partial charge in [-0.15, -0.1) is 0 Å². The summed E-state index contributed by atoms with van der Waals surface area (Å²) in [7, 11) is 0. The molecular formula is C17H22FN3O4. The number of carbonyl (C=O) groups excluding carboxylic acids is 2. The molecule has 2 fully saturated rings. The molecule has 1 aromatic carbocycles. The van der Waals surface area contributed by atoms with E-state index in [1.807, 2.05) is 4.90 Å². The number of benzene rings is 1. The number of nitrogens with two attached hydrogens (primary N) is 1. The van der Waals surface area contributed by atoms with Crippen LogP contribution in [0.25, 0.3) is 0 Å². The molecule has 0 spiro atoms. The van der Waals surface area contributed by atoms with Gasteiger partial charge in [0.1, 0.15) is 5.54 Å². The molecule has 1 atom stereocenters. The minimum atomic E-state index is -0.765. The Morgan fingerprint density at radius 2 is 1.96 bits per heavy atom. The minimum Gasteiger partial charge on any atom is -0.481 e. The van der Waals surface area contributed by atoms with Crippen LogP contribution in [-0.4, -0.2) is 73.2 Å². The summed E-state index contributed by atoms with van der Waals surface area (Å²) >= 11 is 0. The third-order valence-electron chi connectivity index (χ3n) is 4.88. The van der Waals surface area contributed by atoms with E-state index in [2.05, 4.69) is 0 Å². The largest absolute Gasteiger partial charge is 0.481 e. The third-order valence-corrected chi connectivity index (χ3v) is 4.88. The van der Waals surface area contributed by atoms with E-state index in [0.717, 1.165) is 0 Å². The Bertz CT molecular complexity index is 641. The van der Waals surface area contributed by atoms with Gasteiger partial charge in [0.05, 0.1) is 6.61 Å². The number of hydrogen-bond acceptors (Lipinski definition) is 5. The summed E-state index contributed by atoms with van der Waals surface area (Å²) in [6.07, 6.45) is 0.576. The number of para-hydroxylation sites is 1. The number of ether oxygens (including phenoxy) is 2. The molecule has 2 amide bonds. The van der Waals surface area contributed by atoms with Crippen molar-refractivity contribution in [3.63, 3.8) is 0 Å². The van der Waals surface area contributed by atoms with E-state index in [1.165, 1.54) is 12.1 Å². The van der Waals surface area contributed by atoms with Gasteiger partial charge in [0, 0.05) is 39.2 Å². The maximum absolute atomic E-state index is 13.5. The normalized spacial score (nSPS) is 24.3. The molecule has 1 aromatic rings. The third kappa shape index (κ3) is 3.59. The van der Waals surface area contributed by atoms with Crippen molar-refractivity contribution in [1.29, 1.82) is 0 Å². The second kappa shape index (κ2) is 7.37. The van der Waals surface area contributed by atoms with E-state index in [9.17, 15) is 14.0 Å². The molecule has 2 aliphatic heterocycles. The molecule has 3 rings (SSSR count). The van der Waals surface area contributed by atoms with Gasteiger partial charge >= 0.3 is 0 Å². The highest BCUT2D eigenvalue weighted by atomic mass is 19.1. The zero-order valence-electron chi connectivity index (χ0n) is 13.9. The molecule has 2 N–H and O–H groups in total. The molecular weight excluding hydrogens is 329 g/mol. The van der Waals surface area contributed by atoms with E-state index in [1.54, 1.807) is 17.0 Å². The number of halogens is 1. The van der Waals surface area contributed by atoms with Crippen LogP contribution < -0.4 is 10.5 Å². The van der Waals surface area contributed by atoms with Crippen molar-refractivity contribution in [3.8, 4) is 5.75 Å². The van der Waals surface area contributed by atoms with Gasteiger partial charge in [-0.1, -0.05) is 12.1 Å². The molecule has 0 aromatic heterocycles. The maximum Gasteiger partial charge on any atom is 0.260 e. The molecule has 8 heteroatoms. The minimum absolute atomic E-state index is 0.0604. The van der Waals surface area contributed by atoms with Crippen LogP contribution in [0.3, 0.4) is 0 Å². The molecule has 136 valence electrons. The number of rotatable bonds is 5. The molecule has 2 heterocycles. The van der Waals surface area contributed by atoms with Crippen molar-refractivity contribution in [3.05, 3.63) is 30.1 Å². The molecule has 0 aliphatic carbocycles. The van der Waals surface area contributed by atoms with Crippen molar-refractivity contribution in [2.24, 2.45) is 5.73 Å². The molecule has 25 heavy (non-hydrogen) atoms. The summed E-state index contributed by atoms with van der Waals surface area (Å²) in [6.45, 7) is 2.61. The first-order chi connectivity index (χ1) is 12.0. The van der Waals surface area contributed by atoms with Crippen LogP contribution in [-0.2, 0) is 14.3 Å². The van der Waals surface area contributed by atoms with Gasteiger partial charge in [0.2, 0.25) is 5.91 Å². The number of carbonyl (C=O) groups is 2. The zero-order chi connectivity index (χ0) is 17.9. The SMILES string of the molecule is NC(=O)C1(N2CCN(C(=O)COc3ccccc3F)CC2)CCOC1. The van der Waals surface area contributed by atoms with Crippen LogP contribution in [0.5, 0.6) is 5.75 Å². The van der Waals surface area contributed by atoms with Crippen molar-refractivity contribution in [2.45, 2.75) is 12.0 Å². The summed E-state index contributed by atoms with van der Waals surface area (Å²) in [5.41, 5.74) is 4.82. The number of nitrogens with zero attached hydrogens (tertiary/aromatic N) is 2. The lowest BCUT2D eigenvalue weighted by molar-refractivity contribution is -0.138. The highest BCUT2D eigenvalue weighted by molar-refractivity contribution is 5.85. The van der Waals surface area contributed by atoms with Crippen molar-refractivity contribution >= 4 is 11.8 Å². The first-order valence-corrected chi connectivity index (χ1v) is 8.31. The fraction of sp³-hybridized carbons (Fsp3) is 0.529. The quantitative estimate of drug-likeness (QED) is 0.807. The fourth-order valence-electron chi connectivity index (χ4n) is 3.33. The molecule has 0 radical (unpaired) electrons. The van der Waals surface area contributed by atoms with Gasteiger partial charge in [0.15, 0.2) is 18.2 Å². The van der Waals surface area contributed by atoms with Crippen LogP contribution >= 0.6 is 0 Å². The van der Waals surface area contributed by atoms with Gasteiger partial charge in [-0.05, 0) is 12.1 Å². The monoisotopic (exact) mass is 351 g/mol. The van der Waals surface area contributed by atoms with E-state index >= 15 is 0 Å². The average molecular weight is 351 g/mol. The van der Waals surface area contributed by atoms with Crippen molar-refractivity contribution in [1.82, 2.24) is 9.80 Å². The molecule has 1 unspecified atom stereocenters. The molecule has 2 aliphatic rings. The van der Waals surface area contributed by atoms with Gasteiger partial charge < -0.3 is 20.1 Å². The number of amides is 2. The lowest BCUT2D eigenvalue weighted by Gasteiger charge is -2.43. The Hall–Kier alpha value is -2.19. The predicted molar refractivity (Wildman–Crippen MR) is 87.4 cm³/mol. The molecule has 0 bridgehead atoms. The highest BCUT2D eigenvalue weighted by Crippen LogP contribution is 2.27. The summed E-state index contributed by atoms with van der Waals surface area (Å²) in [5.74, 6) is -1.03. The van der Waals surface area contributed by atoms with Gasteiger partial charge in [0.25, 0.3) is 5.91 Å². The molecule has 7 nitrogen and oxygen atoms in total. The van der Waals surface area contributed by atoms with Gasteiger partial charge in [-0.3, -0.25) is 14.5 Å². The summed E-state index contributed by atoms with van der Waals surface area (Å²) in [4.78, 5) is 27.8. The molecule has 0 saturated carbocycles. The van der Waals surface area contributed by atoms with Crippen LogP contribution in [0.4, 0.5) is 4.39 Å². The van der Waals surface area contributed by atoms with E-state index < -0.39 is 11.4 Å². The Kier molecular flexibility index (Phi) is 5.19. The van der Waals surface area contributed by atoms with E-state index in [0.29, 0.717) is 45.8 Å². The second-order valence-corrected chi connectivity index (χ2v) is 6.29. The number of primary amides is 1. The fourth-order valence-corrected chi connectivity index (χ4v) is 3.33. The summed E-state index contributed by atoms with van der Waals surface area (Å²) < 4.78 is 24.1. The van der Waals surface area contributed by atoms with Crippen LogP contribution in [0, 0.1) is 5.82 Å². The first-order valence-electron chi connectivity index (χ1n) is 8.31. The average Bonchev–Trinajstić information content (AvgIpc) is 3.12. The topological polar surface area (TPSA) is 85.1 Å². The van der Waals surface area contributed by atoms with Crippen molar-refractivity contribution < 1.29 is 23.5 Å². The first kappa shape index (κ1) is 17.6. The summed E-state index contributed by atoms with van der Waals surface area (Å²) in [5, 5.41) is 0. The Morgan fingerprint density at radius 1 is 1.24 bits per heavy atom. The molecule has 2 saturated heterocycles. The maximum atomic E-state index is 13.5. The number of hydrogen-bond donors (Lipinski definition) is 1. The number of piperazine rings is 1. The zero-order valence-corrected chi connectivity index (χ0v) is 13.9. The Labute approximate surface area is 145 Å². The Morgan fingerprint density at radius 3 is 2.56 bits per heavy atom. The van der Waals surface area contributed by atoms with E-state index in [4.69, 9.17) is 15.2 Å². The van der Waals surface area contributed by atoms with Crippen molar-refractivity contribution in [2.75, 3.05) is 46.0 Å². The van der Waals surface area contributed by atoms with Crippen LogP contribution in [0.2, 0.25) is 0 Å². The second-order valence-electron chi connectivity index (χ2n) is 6.29. The smallest absolute Gasteiger partial charge is 0.260 e. The summed E-state index contributed by atoms with van der Waals surface area (Å²) in [6, 6.07) is 5.97.